The molecule has 1 aliphatic heterocycles. The highest BCUT2D eigenvalue weighted by Gasteiger charge is 2.17. The first-order chi connectivity index (χ1) is 15.1. The fourth-order valence-electron chi connectivity index (χ4n) is 2.78. The molecule has 0 unspecified atom stereocenters. The number of rotatable bonds is 6. The van der Waals surface area contributed by atoms with Crippen LogP contribution >= 0.6 is 0 Å². The van der Waals surface area contributed by atoms with Crippen LogP contribution in [0.5, 0.6) is 17.2 Å². The lowest BCUT2D eigenvalue weighted by Crippen LogP contribution is -2.42. The fourth-order valence-corrected chi connectivity index (χ4v) is 2.78. The summed E-state index contributed by atoms with van der Waals surface area (Å²) >= 11 is 0. The van der Waals surface area contributed by atoms with E-state index in [4.69, 9.17) is 14.2 Å². The second-order valence-electron chi connectivity index (χ2n) is 6.42. The highest BCUT2D eigenvalue weighted by Crippen LogP contribution is 2.32. The zero-order valence-corrected chi connectivity index (χ0v) is 16.2. The van der Waals surface area contributed by atoms with Gasteiger partial charge in [0.2, 0.25) is 6.79 Å². The summed E-state index contributed by atoms with van der Waals surface area (Å²) in [5.41, 5.74) is 4.44. The second kappa shape index (κ2) is 8.99. The summed E-state index contributed by atoms with van der Waals surface area (Å²) in [6, 6.07) is 16.3. The number of hydrogen-bond acceptors (Lipinski definition) is 7. The molecule has 0 bridgehead atoms. The van der Waals surface area contributed by atoms with Gasteiger partial charge in [-0.2, -0.15) is 5.10 Å². The van der Waals surface area contributed by atoms with Crippen molar-refractivity contribution in [1.82, 2.24) is 20.6 Å². The molecule has 0 spiro atoms. The van der Waals surface area contributed by atoms with Gasteiger partial charge in [-0.25, -0.2) is 4.68 Å². The smallest absolute Gasteiger partial charge is 0.290 e. The Morgan fingerprint density at radius 3 is 2.58 bits per heavy atom. The van der Waals surface area contributed by atoms with Crippen LogP contribution in [0.25, 0.3) is 0 Å². The van der Waals surface area contributed by atoms with Gasteiger partial charge in [0.05, 0.1) is 6.54 Å². The second-order valence-corrected chi connectivity index (χ2v) is 6.42. The van der Waals surface area contributed by atoms with Gasteiger partial charge >= 0.3 is 0 Å². The number of para-hydroxylation sites is 1. The van der Waals surface area contributed by atoms with Gasteiger partial charge in [0.15, 0.2) is 17.2 Å². The van der Waals surface area contributed by atoms with E-state index in [-0.39, 0.29) is 36.8 Å². The van der Waals surface area contributed by atoms with Crippen molar-refractivity contribution >= 4 is 11.8 Å². The Balaban J connectivity index is 1.34. The average Bonchev–Trinajstić information content (AvgIpc) is 3.27. The van der Waals surface area contributed by atoms with Gasteiger partial charge in [-0.05, 0) is 36.4 Å². The molecule has 4 rings (SSSR count). The van der Waals surface area contributed by atoms with Gasteiger partial charge < -0.3 is 14.2 Å². The number of hydrazine groups is 1. The molecule has 10 nitrogen and oxygen atoms in total. The standard InChI is InChI=1S/C21H18N4O6/c26-19-9-7-16(24-25(19)10-11-29-15-4-2-1-3-5-15)21(28)23-22-20(27)14-6-8-17-18(12-14)31-13-30-17/h1-9,12H,10-11,13H2,(H,22,27)(H,23,28). The van der Waals surface area contributed by atoms with Crippen molar-refractivity contribution in [2.75, 3.05) is 13.4 Å². The first-order valence-electron chi connectivity index (χ1n) is 9.36. The molecule has 10 heteroatoms. The van der Waals surface area contributed by atoms with Gasteiger partial charge in [-0.15, -0.1) is 0 Å². The molecule has 0 saturated carbocycles. The van der Waals surface area contributed by atoms with Crippen LogP contribution in [0.1, 0.15) is 20.8 Å². The molecule has 0 fully saturated rings. The molecule has 3 aromatic rings. The maximum Gasteiger partial charge on any atom is 0.290 e. The quantitative estimate of drug-likeness (QED) is 0.571. The van der Waals surface area contributed by atoms with Crippen LogP contribution in [-0.4, -0.2) is 35.0 Å². The van der Waals surface area contributed by atoms with Crippen molar-refractivity contribution in [3.8, 4) is 17.2 Å². The summed E-state index contributed by atoms with van der Waals surface area (Å²) in [5, 5.41) is 4.03. The van der Waals surface area contributed by atoms with E-state index in [0.29, 0.717) is 17.2 Å². The predicted octanol–water partition coefficient (Wildman–Crippen LogP) is 1.13. The lowest BCUT2D eigenvalue weighted by Gasteiger charge is -2.10. The zero-order chi connectivity index (χ0) is 21.6. The van der Waals surface area contributed by atoms with E-state index >= 15 is 0 Å². The summed E-state index contributed by atoms with van der Waals surface area (Å²) < 4.78 is 17.1. The van der Waals surface area contributed by atoms with Crippen molar-refractivity contribution in [3.63, 3.8) is 0 Å². The molecule has 2 aromatic carbocycles. The number of aromatic nitrogens is 2. The Hall–Kier alpha value is -4.34. The van der Waals surface area contributed by atoms with Crippen LogP contribution in [0, 0.1) is 0 Å². The number of nitrogens with zero attached hydrogens (tertiary/aromatic N) is 2. The van der Waals surface area contributed by atoms with Crippen LogP contribution in [0.4, 0.5) is 0 Å². The molecule has 0 radical (unpaired) electrons. The largest absolute Gasteiger partial charge is 0.492 e. The molecule has 0 saturated heterocycles. The van der Waals surface area contributed by atoms with Crippen molar-refractivity contribution in [1.29, 1.82) is 0 Å². The topological polar surface area (TPSA) is 121 Å². The van der Waals surface area contributed by atoms with Crippen LogP contribution in [0.3, 0.4) is 0 Å². The van der Waals surface area contributed by atoms with Crippen molar-refractivity contribution < 1.29 is 23.8 Å². The molecule has 2 amide bonds. The molecular formula is C21H18N4O6. The highest BCUT2D eigenvalue weighted by molar-refractivity contribution is 5.98. The maximum absolute atomic E-state index is 12.3. The first-order valence-corrected chi connectivity index (χ1v) is 9.36. The Kier molecular flexibility index (Phi) is 5.79. The number of nitrogens with one attached hydrogen (secondary N) is 2. The van der Waals surface area contributed by atoms with Crippen molar-refractivity contribution in [2.24, 2.45) is 0 Å². The third-order valence-electron chi connectivity index (χ3n) is 4.34. The SMILES string of the molecule is O=C(NNC(=O)c1ccc(=O)n(CCOc2ccccc2)n1)c1ccc2c(c1)OCO2. The van der Waals surface area contributed by atoms with Gasteiger partial charge in [0.25, 0.3) is 17.4 Å². The molecular weight excluding hydrogens is 404 g/mol. The van der Waals surface area contributed by atoms with E-state index in [9.17, 15) is 14.4 Å². The molecule has 1 aromatic heterocycles. The summed E-state index contributed by atoms with van der Waals surface area (Å²) in [5.74, 6) is 0.437. The number of carbonyl (C=O) groups is 2. The molecule has 31 heavy (non-hydrogen) atoms. The number of benzene rings is 2. The Morgan fingerprint density at radius 1 is 0.968 bits per heavy atom. The third kappa shape index (κ3) is 4.81. The van der Waals surface area contributed by atoms with E-state index in [2.05, 4.69) is 16.0 Å². The number of hydrogen-bond donors (Lipinski definition) is 2. The minimum absolute atomic E-state index is 0.0368. The summed E-state index contributed by atoms with van der Waals surface area (Å²) in [6.45, 7) is 0.441. The lowest BCUT2D eigenvalue weighted by molar-refractivity contribution is 0.0842. The van der Waals surface area contributed by atoms with Gasteiger partial charge in [0, 0.05) is 11.6 Å². The van der Waals surface area contributed by atoms with Crippen molar-refractivity contribution in [3.05, 3.63) is 82.3 Å². The highest BCUT2D eigenvalue weighted by atomic mass is 16.7. The lowest BCUT2D eigenvalue weighted by atomic mass is 10.2. The van der Waals surface area contributed by atoms with Crippen LogP contribution in [-0.2, 0) is 6.54 Å². The van der Waals surface area contributed by atoms with Gasteiger partial charge in [0.1, 0.15) is 12.4 Å². The van der Waals surface area contributed by atoms with Crippen LogP contribution in [0.2, 0.25) is 0 Å². The number of fused-ring (bicyclic) bond motifs is 1. The first kappa shape index (κ1) is 20.0. The molecule has 1 aliphatic rings. The normalized spacial score (nSPS) is 11.6. The Morgan fingerprint density at radius 2 is 1.74 bits per heavy atom. The zero-order valence-electron chi connectivity index (χ0n) is 16.2. The summed E-state index contributed by atoms with van der Waals surface area (Å²) in [6.07, 6.45) is 0. The number of amides is 2. The Bertz CT molecular complexity index is 1160. The van der Waals surface area contributed by atoms with Gasteiger partial charge in [-0.3, -0.25) is 25.2 Å². The molecule has 158 valence electrons. The third-order valence-corrected chi connectivity index (χ3v) is 4.34. The monoisotopic (exact) mass is 422 g/mol. The number of ether oxygens (including phenoxy) is 3. The van der Waals surface area contributed by atoms with E-state index in [0.717, 1.165) is 4.68 Å². The van der Waals surface area contributed by atoms with Crippen molar-refractivity contribution in [2.45, 2.75) is 6.54 Å². The average molecular weight is 422 g/mol. The summed E-state index contributed by atoms with van der Waals surface area (Å²) in [4.78, 5) is 36.6. The minimum Gasteiger partial charge on any atom is -0.492 e. The molecule has 2 N–H and O–H groups in total. The summed E-state index contributed by atoms with van der Waals surface area (Å²) in [7, 11) is 0. The van der Waals surface area contributed by atoms with E-state index in [1.807, 2.05) is 18.2 Å². The van der Waals surface area contributed by atoms with E-state index in [1.54, 1.807) is 24.3 Å². The maximum atomic E-state index is 12.3. The molecule has 0 aliphatic carbocycles. The van der Waals surface area contributed by atoms with Gasteiger partial charge in [-0.1, -0.05) is 18.2 Å². The predicted molar refractivity (Wildman–Crippen MR) is 108 cm³/mol. The minimum atomic E-state index is -0.674. The molecule has 0 atom stereocenters. The van der Waals surface area contributed by atoms with E-state index in [1.165, 1.54) is 18.2 Å². The number of carbonyl (C=O) groups excluding carboxylic acids is 2. The fraction of sp³-hybridized carbons (Fsp3) is 0.143. The van der Waals surface area contributed by atoms with Crippen LogP contribution in [0.15, 0.2) is 65.5 Å². The van der Waals surface area contributed by atoms with Crippen LogP contribution < -0.4 is 30.6 Å². The van der Waals surface area contributed by atoms with E-state index < -0.39 is 11.8 Å². The molecule has 2 heterocycles. The Labute approximate surface area is 176 Å².